The Morgan fingerprint density at radius 3 is 2.50 bits per heavy atom. The van der Waals surface area contributed by atoms with E-state index in [9.17, 15) is 14.4 Å². The fourth-order valence-corrected chi connectivity index (χ4v) is 4.65. The molecule has 0 bridgehead atoms. The zero-order valence-corrected chi connectivity index (χ0v) is 20.7. The van der Waals surface area contributed by atoms with Crippen LogP contribution in [0.25, 0.3) is 0 Å². The maximum Gasteiger partial charge on any atom is 0.306 e. The molecule has 1 N–H and O–H groups in total. The Balaban J connectivity index is 1.68. The number of likely N-dealkylation sites (tertiary alicyclic amines) is 1. The van der Waals surface area contributed by atoms with E-state index in [1.807, 2.05) is 49.4 Å². The zero-order chi connectivity index (χ0) is 24.5. The standard InChI is InChI=1S/C27H39N3O4/c1-20-26(22-10-6-4-7-11-22)34-25(32)13-9-5-8-12-23(27(33)30(20)3)18-24(31)28-19-21-14-16-29(2)17-15-21/h4-8,10-11,20-21,23,26H,9,12-19H2,1-3H3,(H,28,31)/t20-,23-,26-/m0/s1. The molecule has 186 valence electrons. The third kappa shape index (κ3) is 7.42. The van der Waals surface area contributed by atoms with Gasteiger partial charge in [0.1, 0.15) is 6.10 Å². The fourth-order valence-electron chi connectivity index (χ4n) is 4.65. The van der Waals surface area contributed by atoms with E-state index in [-0.39, 0.29) is 36.7 Å². The molecule has 34 heavy (non-hydrogen) atoms. The van der Waals surface area contributed by atoms with Gasteiger partial charge in [0.2, 0.25) is 11.8 Å². The molecule has 3 atom stereocenters. The molecule has 1 fully saturated rings. The minimum absolute atomic E-state index is 0.0788. The van der Waals surface area contributed by atoms with Crippen molar-refractivity contribution in [3.8, 4) is 0 Å². The topological polar surface area (TPSA) is 79.0 Å². The van der Waals surface area contributed by atoms with Gasteiger partial charge in [-0.1, -0.05) is 42.5 Å². The summed E-state index contributed by atoms with van der Waals surface area (Å²) in [5, 5.41) is 3.07. The minimum Gasteiger partial charge on any atom is -0.455 e. The van der Waals surface area contributed by atoms with Gasteiger partial charge >= 0.3 is 5.97 Å². The second-order valence-corrected chi connectivity index (χ2v) is 9.71. The van der Waals surface area contributed by atoms with Gasteiger partial charge in [-0.25, -0.2) is 0 Å². The molecule has 3 rings (SSSR count). The summed E-state index contributed by atoms with van der Waals surface area (Å²) in [6, 6.07) is 9.15. The fraction of sp³-hybridized carbons (Fsp3) is 0.593. The number of hydrogen-bond acceptors (Lipinski definition) is 5. The first kappa shape index (κ1) is 25.9. The maximum atomic E-state index is 13.5. The van der Waals surface area contributed by atoms with Crippen LogP contribution in [-0.2, 0) is 19.1 Å². The monoisotopic (exact) mass is 469 g/mol. The summed E-state index contributed by atoms with van der Waals surface area (Å²) in [7, 11) is 3.86. The Kier molecular flexibility index (Phi) is 9.69. The molecule has 2 amide bonds. The lowest BCUT2D eigenvalue weighted by Gasteiger charge is -2.34. The van der Waals surface area contributed by atoms with Crippen molar-refractivity contribution in [1.29, 1.82) is 0 Å². The highest BCUT2D eigenvalue weighted by atomic mass is 16.5. The highest BCUT2D eigenvalue weighted by Crippen LogP contribution is 2.28. The molecule has 0 aromatic heterocycles. The molecule has 0 spiro atoms. The van der Waals surface area contributed by atoms with Crippen molar-refractivity contribution in [2.24, 2.45) is 11.8 Å². The Labute approximate surface area is 203 Å². The first-order chi connectivity index (χ1) is 16.3. The molecule has 0 unspecified atom stereocenters. The Hall–Kier alpha value is -2.67. The quantitative estimate of drug-likeness (QED) is 0.529. The van der Waals surface area contributed by atoms with Gasteiger partial charge in [-0.15, -0.1) is 0 Å². The van der Waals surface area contributed by atoms with Crippen molar-refractivity contribution in [2.45, 2.75) is 57.6 Å². The van der Waals surface area contributed by atoms with Crippen LogP contribution in [0.5, 0.6) is 0 Å². The van der Waals surface area contributed by atoms with E-state index in [2.05, 4.69) is 17.3 Å². The van der Waals surface area contributed by atoms with Crippen LogP contribution in [-0.4, -0.2) is 67.4 Å². The van der Waals surface area contributed by atoms with Crippen LogP contribution in [0.3, 0.4) is 0 Å². The van der Waals surface area contributed by atoms with Crippen molar-refractivity contribution < 1.29 is 19.1 Å². The van der Waals surface area contributed by atoms with Crippen LogP contribution in [0, 0.1) is 11.8 Å². The molecule has 0 saturated carbocycles. The summed E-state index contributed by atoms with van der Waals surface area (Å²) in [6.07, 6.45) is 6.88. The summed E-state index contributed by atoms with van der Waals surface area (Å²) in [5.74, 6) is -0.422. The van der Waals surface area contributed by atoms with E-state index in [4.69, 9.17) is 4.74 Å². The van der Waals surface area contributed by atoms with Crippen LogP contribution in [0.1, 0.15) is 57.1 Å². The number of rotatable bonds is 5. The van der Waals surface area contributed by atoms with Crippen molar-refractivity contribution in [3.05, 3.63) is 48.0 Å². The molecule has 0 aliphatic carbocycles. The second-order valence-electron chi connectivity index (χ2n) is 9.71. The Morgan fingerprint density at radius 1 is 1.09 bits per heavy atom. The normalized spacial score (nSPS) is 25.9. The highest BCUT2D eigenvalue weighted by molar-refractivity contribution is 5.86. The van der Waals surface area contributed by atoms with Crippen LogP contribution < -0.4 is 5.32 Å². The number of piperidine rings is 1. The number of amides is 2. The number of hydrogen-bond donors (Lipinski definition) is 1. The molecule has 0 radical (unpaired) electrons. The molecule has 2 aliphatic rings. The predicted octanol–water partition coefficient (Wildman–Crippen LogP) is 3.32. The number of likely N-dealkylation sites (N-methyl/N-ethyl adjacent to an activating group) is 1. The summed E-state index contributed by atoms with van der Waals surface area (Å²) >= 11 is 0. The average molecular weight is 470 g/mol. The maximum absolute atomic E-state index is 13.5. The molecular formula is C27H39N3O4. The number of allylic oxidation sites excluding steroid dienone is 2. The molecule has 2 aliphatic heterocycles. The van der Waals surface area contributed by atoms with Crippen molar-refractivity contribution in [1.82, 2.24) is 15.1 Å². The highest BCUT2D eigenvalue weighted by Gasteiger charge is 2.33. The number of ether oxygens (including phenoxy) is 1. The van der Waals surface area contributed by atoms with Gasteiger partial charge in [0.05, 0.1) is 12.0 Å². The molecule has 1 aromatic carbocycles. The van der Waals surface area contributed by atoms with Gasteiger partial charge in [0.15, 0.2) is 0 Å². The average Bonchev–Trinajstić information content (AvgIpc) is 2.84. The molecule has 7 heteroatoms. The van der Waals surface area contributed by atoms with Crippen LogP contribution in [0.15, 0.2) is 42.5 Å². The summed E-state index contributed by atoms with van der Waals surface area (Å²) in [5.41, 5.74) is 0.850. The van der Waals surface area contributed by atoms with Crippen LogP contribution in [0.2, 0.25) is 0 Å². The van der Waals surface area contributed by atoms with E-state index in [1.54, 1.807) is 11.9 Å². The Morgan fingerprint density at radius 2 is 1.79 bits per heavy atom. The van der Waals surface area contributed by atoms with Crippen LogP contribution >= 0.6 is 0 Å². The van der Waals surface area contributed by atoms with E-state index in [0.717, 1.165) is 31.5 Å². The lowest BCUT2D eigenvalue weighted by atomic mass is 9.95. The lowest BCUT2D eigenvalue weighted by Crippen LogP contribution is -2.44. The third-order valence-corrected chi connectivity index (χ3v) is 7.09. The van der Waals surface area contributed by atoms with Crippen molar-refractivity contribution in [3.63, 3.8) is 0 Å². The Bertz CT molecular complexity index is 849. The smallest absolute Gasteiger partial charge is 0.306 e. The van der Waals surface area contributed by atoms with Gasteiger partial charge in [0.25, 0.3) is 0 Å². The van der Waals surface area contributed by atoms with E-state index in [0.29, 0.717) is 25.3 Å². The lowest BCUT2D eigenvalue weighted by molar-refractivity contribution is -0.156. The number of carbonyl (C=O) groups is 3. The number of nitrogens with one attached hydrogen (secondary N) is 1. The summed E-state index contributed by atoms with van der Waals surface area (Å²) in [6.45, 7) is 4.67. The van der Waals surface area contributed by atoms with Gasteiger partial charge < -0.3 is 19.9 Å². The number of benzene rings is 1. The third-order valence-electron chi connectivity index (χ3n) is 7.09. The number of esters is 1. The van der Waals surface area contributed by atoms with Gasteiger partial charge in [-0.3, -0.25) is 14.4 Å². The second kappa shape index (κ2) is 12.7. The largest absolute Gasteiger partial charge is 0.455 e. The van der Waals surface area contributed by atoms with Crippen LogP contribution in [0.4, 0.5) is 0 Å². The predicted molar refractivity (Wildman–Crippen MR) is 132 cm³/mol. The molecule has 1 aromatic rings. The van der Waals surface area contributed by atoms with Gasteiger partial charge in [-0.05, 0) is 64.2 Å². The van der Waals surface area contributed by atoms with E-state index < -0.39 is 12.0 Å². The first-order valence-electron chi connectivity index (χ1n) is 12.5. The SMILES string of the molecule is C[C@H]1[C@@H](c2ccccc2)OC(=O)CCC=CC[C@@H](CC(=O)NCC2CCN(C)CC2)C(=O)N1C. The molecule has 7 nitrogen and oxygen atoms in total. The van der Waals surface area contributed by atoms with Gasteiger partial charge in [-0.2, -0.15) is 0 Å². The molecular weight excluding hydrogens is 430 g/mol. The first-order valence-corrected chi connectivity index (χ1v) is 12.5. The number of nitrogens with zero attached hydrogens (tertiary/aromatic N) is 2. The zero-order valence-electron chi connectivity index (χ0n) is 20.7. The minimum atomic E-state index is -0.565. The van der Waals surface area contributed by atoms with Crippen molar-refractivity contribution >= 4 is 17.8 Å². The van der Waals surface area contributed by atoms with Gasteiger partial charge in [0, 0.05) is 26.4 Å². The van der Waals surface area contributed by atoms with Crippen molar-refractivity contribution in [2.75, 3.05) is 33.7 Å². The number of carbonyl (C=O) groups excluding carboxylic acids is 3. The van der Waals surface area contributed by atoms with E-state index >= 15 is 0 Å². The summed E-state index contributed by atoms with van der Waals surface area (Å²) in [4.78, 5) is 42.6. The van der Waals surface area contributed by atoms with E-state index in [1.165, 1.54) is 0 Å². The molecule has 2 heterocycles. The summed E-state index contributed by atoms with van der Waals surface area (Å²) < 4.78 is 5.82. The number of cyclic esters (lactones) is 1. The molecule has 1 saturated heterocycles.